The molecule has 3 heterocycles. The number of carbonyl (C=O) groups excluding carboxylic acids is 1. The third-order valence-corrected chi connectivity index (χ3v) is 5.69. The molecular weight excluding hydrogens is 372 g/mol. The van der Waals surface area contributed by atoms with Gasteiger partial charge in [0.05, 0.1) is 17.3 Å². The summed E-state index contributed by atoms with van der Waals surface area (Å²) in [7, 11) is 1.77. The number of likely N-dealkylation sites (N-methyl/N-ethyl adjacent to an activating group) is 1. The van der Waals surface area contributed by atoms with Crippen molar-refractivity contribution in [2.24, 2.45) is 0 Å². The maximum absolute atomic E-state index is 12.7. The number of hydrogen-bond acceptors (Lipinski definition) is 5. The highest BCUT2D eigenvalue weighted by Crippen LogP contribution is 2.33. The molecule has 7 nitrogen and oxygen atoms in total. The summed E-state index contributed by atoms with van der Waals surface area (Å²) in [4.78, 5) is 16.6. The van der Waals surface area contributed by atoms with Gasteiger partial charge < -0.3 is 4.90 Å². The molecule has 0 saturated heterocycles. The number of thiophene rings is 1. The smallest absolute Gasteiger partial charge is 0.247 e. The van der Waals surface area contributed by atoms with Crippen LogP contribution in [0.3, 0.4) is 0 Å². The predicted octanol–water partition coefficient (Wildman–Crippen LogP) is 3.62. The van der Waals surface area contributed by atoms with Crippen molar-refractivity contribution in [3.8, 4) is 21.0 Å². The Hall–Kier alpha value is -3.26. The summed E-state index contributed by atoms with van der Waals surface area (Å²) in [6.07, 6.45) is 5.32. The van der Waals surface area contributed by atoms with Gasteiger partial charge in [0.1, 0.15) is 11.7 Å². The minimum Gasteiger partial charge on any atom is -0.339 e. The Morgan fingerprint density at radius 2 is 2.00 bits per heavy atom. The molecular formula is C20H20N6OS. The van der Waals surface area contributed by atoms with Crippen molar-refractivity contribution in [1.29, 1.82) is 0 Å². The molecule has 1 N–H and O–H groups in total. The van der Waals surface area contributed by atoms with Gasteiger partial charge in [-0.25, -0.2) is 4.68 Å². The number of H-pyrrole nitrogens is 1. The number of hydrogen-bond donors (Lipinski definition) is 1. The van der Waals surface area contributed by atoms with E-state index in [-0.39, 0.29) is 5.91 Å². The van der Waals surface area contributed by atoms with E-state index in [9.17, 15) is 4.79 Å². The minimum atomic E-state index is -0.438. The Bertz CT molecular complexity index is 1050. The van der Waals surface area contributed by atoms with E-state index in [0.29, 0.717) is 6.54 Å². The molecule has 0 saturated carbocycles. The maximum Gasteiger partial charge on any atom is 0.247 e. The number of amides is 1. The van der Waals surface area contributed by atoms with E-state index in [2.05, 4.69) is 38.7 Å². The number of nitrogens with one attached hydrogen (secondary N) is 1. The summed E-state index contributed by atoms with van der Waals surface area (Å²) < 4.78 is 1.62. The van der Waals surface area contributed by atoms with Crippen molar-refractivity contribution in [1.82, 2.24) is 30.1 Å². The van der Waals surface area contributed by atoms with Crippen molar-refractivity contribution in [3.05, 3.63) is 66.6 Å². The SMILES string of the molecule is CC(C(=O)N(C)Cc1cn[nH]c1)n1cc(-c2ccc(-c3ccccc3)s2)nn1. The van der Waals surface area contributed by atoms with Gasteiger partial charge in [-0.2, -0.15) is 5.10 Å². The monoisotopic (exact) mass is 392 g/mol. The Morgan fingerprint density at radius 1 is 1.21 bits per heavy atom. The van der Waals surface area contributed by atoms with Gasteiger partial charge in [-0.1, -0.05) is 35.5 Å². The van der Waals surface area contributed by atoms with Crippen LogP contribution < -0.4 is 0 Å². The van der Waals surface area contributed by atoms with Crippen LogP contribution in [0.1, 0.15) is 18.5 Å². The van der Waals surface area contributed by atoms with Crippen LogP contribution in [0.5, 0.6) is 0 Å². The van der Waals surface area contributed by atoms with Gasteiger partial charge in [-0.05, 0) is 24.6 Å². The van der Waals surface area contributed by atoms with E-state index in [4.69, 9.17) is 0 Å². The molecule has 0 spiro atoms. The van der Waals surface area contributed by atoms with Crippen molar-refractivity contribution >= 4 is 17.2 Å². The number of aromatic nitrogens is 5. The standard InChI is InChI=1S/C20H20N6OS/c1-14(20(27)25(2)12-15-10-21-22-11-15)26-13-17(23-24-26)19-9-8-18(28-19)16-6-4-3-5-7-16/h3-11,13-14H,12H2,1-2H3,(H,21,22). The van der Waals surface area contributed by atoms with Crippen molar-refractivity contribution in [2.45, 2.75) is 19.5 Å². The van der Waals surface area contributed by atoms with Gasteiger partial charge in [0.2, 0.25) is 5.91 Å². The summed E-state index contributed by atoms with van der Waals surface area (Å²) in [6, 6.07) is 13.9. The molecule has 142 valence electrons. The quantitative estimate of drug-likeness (QED) is 0.544. The minimum absolute atomic E-state index is 0.0335. The molecule has 0 aliphatic carbocycles. The highest BCUT2D eigenvalue weighted by Gasteiger charge is 2.21. The first-order valence-electron chi connectivity index (χ1n) is 8.92. The van der Waals surface area contributed by atoms with Crippen LogP contribution in [0.2, 0.25) is 0 Å². The number of aromatic amines is 1. The largest absolute Gasteiger partial charge is 0.339 e. The maximum atomic E-state index is 12.7. The van der Waals surface area contributed by atoms with Gasteiger partial charge in [0.25, 0.3) is 0 Å². The second kappa shape index (κ2) is 7.77. The van der Waals surface area contributed by atoms with E-state index in [1.165, 1.54) is 10.4 Å². The van der Waals surface area contributed by atoms with Crippen LogP contribution in [0, 0.1) is 0 Å². The molecule has 1 amide bonds. The fourth-order valence-corrected chi connectivity index (χ4v) is 3.92. The summed E-state index contributed by atoms with van der Waals surface area (Å²) in [6.45, 7) is 2.32. The second-order valence-corrected chi connectivity index (χ2v) is 7.67. The van der Waals surface area contributed by atoms with Gasteiger partial charge in [0, 0.05) is 30.2 Å². The van der Waals surface area contributed by atoms with E-state index in [0.717, 1.165) is 16.1 Å². The fourth-order valence-electron chi connectivity index (χ4n) is 2.96. The molecule has 4 rings (SSSR count). The van der Waals surface area contributed by atoms with Crippen LogP contribution in [0.25, 0.3) is 21.0 Å². The number of benzene rings is 1. The summed E-state index contributed by atoms with van der Waals surface area (Å²) in [5.41, 5.74) is 2.90. The van der Waals surface area contributed by atoms with E-state index in [1.54, 1.807) is 40.4 Å². The summed E-state index contributed by atoms with van der Waals surface area (Å²) in [5, 5.41) is 15.1. The number of carbonyl (C=O) groups is 1. The van der Waals surface area contributed by atoms with E-state index >= 15 is 0 Å². The lowest BCUT2D eigenvalue weighted by atomic mass is 10.2. The lowest BCUT2D eigenvalue weighted by Crippen LogP contribution is -2.32. The molecule has 1 unspecified atom stereocenters. The summed E-state index contributed by atoms with van der Waals surface area (Å²) >= 11 is 1.66. The van der Waals surface area contributed by atoms with E-state index in [1.807, 2.05) is 37.4 Å². The third kappa shape index (κ3) is 3.72. The predicted molar refractivity (Wildman–Crippen MR) is 109 cm³/mol. The Morgan fingerprint density at radius 3 is 2.75 bits per heavy atom. The molecule has 0 fully saturated rings. The Kier molecular flexibility index (Phi) is 5.03. The van der Waals surface area contributed by atoms with Crippen molar-refractivity contribution in [2.75, 3.05) is 7.05 Å². The molecule has 1 atom stereocenters. The first kappa shape index (κ1) is 18.1. The Labute approximate surface area is 166 Å². The lowest BCUT2D eigenvalue weighted by molar-refractivity contribution is -0.133. The van der Waals surface area contributed by atoms with Crippen LogP contribution in [0.15, 0.2) is 61.1 Å². The van der Waals surface area contributed by atoms with Crippen LogP contribution >= 0.6 is 11.3 Å². The fraction of sp³-hybridized carbons (Fsp3) is 0.200. The number of nitrogens with zero attached hydrogens (tertiary/aromatic N) is 5. The second-order valence-electron chi connectivity index (χ2n) is 6.59. The highest BCUT2D eigenvalue weighted by molar-refractivity contribution is 7.18. The van der Waals surface area contributed by atoms with Crippen molar-refractivity contribution in [3.63, 3.8) is 0 Å². The molecule has 3 aromatic heterocycles. The number of rotatable bonds is 6. The molecule has 0 bridgehead atoms. The molecule has 0 radical (unpaired) electrons. The van der Waals surface area contributed by atoms with E-state index < -0.39 is 6.04 Å². The molecule has 4 aromatic rings. The van der Waals surface area contributed by atoms with Crippen LogP contribution in [-0.4, -0.2) is 43.0 Å². The zero-order chi connectivity index (χ0) is 19.5. The normalized spacial score (nSPS) is 12.1. The molecule has 1 aromatic carbocycles. The van der Waals surface area contributed by atoms with Gasteiger partial charge in [0.15, 0.2) is 0 Å². The molecule has 28 heavy (non-hydrogen) atoms. The molecule has 0 aliphatic heterocycles. The van der Waals surface area contributed by atoms with Gasteiger partial charge in [-0.3, -0.25) is 9.89 Å². The zero-order valence-electron chi connectivity index (χ0n) is 15.6. The third-order valence-electron chi connectivity index (χ3n) is 4.53. The van der Waals surface area contributed by atoms with Crippen LogP contribution in [0.4, 0.5) is 0 Å². The lowest BCUT2D eigenvalue weighted by Gasteiger charge is -2.20. The Balaban J connectivity index is 1.48. The van der Waals surface area contributed by atoms with Crippen molar-refractivity contribution < 1.29 is 4.79 Å². The first-order valence-corrected chi connectivity index (χ1v) is 9.73. The summed E-state index contributed by atoms with van der Waals surface area (Å²) in [5.74, 6) is -0.0335. The van der Waals surface area contributed by atoms with Gasteiger partial charge >= 0.3 is 0 Å². The first-order chi connectivity index (χ1) is 13.6. The highest BCUT2D eigenvalue weighted by atomic mass is 32.1. The average Bonchev–Trinajstić information content (AvgIpc) is 3.48. The van der Waals surface area contributed by atoms with Gasteiger partial charge in [-0.15, -0.1) is 16.4 Å². The van der Waals surface area contributed by atoms with Crippen LogP contribution in [-0.2, 0) is 11.3 Å². The molecule has 0 aliphatic rings. The zero-order valence-corrected chi connectivity index (χ0v) is 16.4. The topological polar surface area (TPSA) is 79.7 Å². The molecule has 8 heteroatoms. The average molecular weight is 392 g/mol.